The number of hydrogen-bond donors (Lipinski definition) is 2. The number of carbonyl (C=O) groups is 1. The molecule has 19 heavy (non-hydrogen) atoms. The number of primary amides is 1. The largest absolute Gasteiger partial charge is 0.381 e. The molecule has 0 saturated carbocycles. The maximum absolute atomic E-state index is 11.4. The van der Waals surface area contributed by atoms with Crippen LogP contribution < -0.4 is 11.1 Å². The molecule has 2 aliphatic heterocycles. The quantitative estimate of drug-likeness (QED) is 0.844. The maximum Gasteiger partial charge on any atom is 0.248 e. The molecule has 3 N–H and O–H groups in total. The highest BCUT2D eigenvalue weighted by Crippen LogP contribution is 2.34. The first-order chi connectivity index (χ1) is 9.25. The van der Waals surface area contributed by atoms with Crippen LogP contribution in [0.4, 0.5) is 0 Å². The summed E-state index contributed by atoms with van der Waals surface area (Å²) in [6.07, 6.45) is 3.18. The molecule has 2 aliphatic rings. The molecule has 1 fully saturated rings. The van der Waals surface area contributed by atoms with Gasteiger partial charge in [-0.25, -0.2) is 0 Å². The van der Waals surface area contributed by atoms with Gasteiger partial charge >= 0.3 is 0 Å². The zero-order valence-electron chi connectivity index (χ0n) is 11.0. The number of fused-ring (bicyclic) bond motifs is 1. The standard InChI is InChI=1S/C15H20N2O2/c16-15(18)12-2-1-10-3-6-17-14(13(10)9-12)11-4-7-19-8-5-11/h1-2,9,11,14,17H,3-8H2,(H2,16,18). The Morgan fingerprint density at radius 3 is 2.84 bits per heavy atom. The van der Waals surface area contributed by atoms with E-state index in [0.717, 1.165) is 39.0 Å². The van der Waals surface area contributed by atoms with Crippen molar-refractivity contribution in [1.82, 2.24) is 5.32 Å². The molecule has 2 heterocycles. The first kappa shape index (κ1) is 12.6. The number of benzene rings is 1. The lowest BCUT2D eigenvalue weighted by molar-refractivity contribution is 0.0527. The maximum atomic E-state index is 11.4. The SMILES string of the molecule is NC(=O)c1ccc2c(c1)C(C1CCOCC1)NCC2. The Balaban J connectivity index is 1.92. The topological polar surface area (TPSA) is 64.4 Å². The summed E-state index contributed by atoms with van der Waals surface area (Å²) in [7, 11) is 0. The monoisotopic (exact) mass is 260 g/mol. The second-order valence-corrected chi connectivity index (χ2v) is 5.41. The Morgan fingerprint density at radius 1 is 1.32 bits per heavy atom. The van der Waals surface area contributed by atoms with Crippen LogP contribution in [0.15, 0.2) is 18.2 Å². The van der Waals surface area contributed by atoms with Gasteiger partial charge in [-0.05, 0) is 55.0 Å². The molecular formula is C15H20N2O2. The normalized spacial score (nSPS) is 23.9. The number of amides is 1. The van der Waals surface area contributed by atoms with E-state index in [2.05, 4.69) is 11.4 Å². The number of hydrogen-bond acceptors (Lipinski definition) is 3. The van der Waals surface area contributed by atoms with Gasteiger partial charge in [-0.1, -0.05) is 6.07 Å². The molecule has 0 aromatic heterocycles. The van der Waals surface area contributed by atoms with Gasteiger partial charge in [0.25, 0.3) is 0 Å². The first-order valence-electron chi connectivity index (χ1n) is 6.99. The third-order valence-corrected chi connectivity index (χ3v) is 4.26. The third kappa shape index (κ3) is 2.51. The molecule has 1 atom stereocenters. The van der Waals surface area contributed by atoms with Gasteiger partial charge in [0.15, 0.2) is 0 Å². The minimum Gasteiger partial charge on any atom is -0.381 e. The van der Waals surface area contributed by atoms with Gasteiger partial charge in [0.2, 0.25) is 5.91 Å². The summed E-state index contributed by atoms with van der Waals surface area (Å²) in [4.78, 5) is 11.4. The predicted molar refractivity (Wildman–Crippen MR) is 73.0 cm³/mol. The van der Waals surface area contributed by atoms with Gasteiger partial charge in [0, 0.05) is 24.8 Å². The number of rotatable bonds is 2. The molecular weight excluding hydrogens is 240 g/mol. The van der Waals surface area contributed by atoms with E-state index in [1.54, 1.807) is 0 Å². The van der Waals surface area contributed by atoms with E-state index >= 15 is 0 Å². The minimum atomic E-state index is -0.348. The van der Waals surface area contributed by atoms with E-state index < -0.39 is 0 Å². The van der Waals surface area contributed by atoms with Crippen molar-refractivity contribution in [3.05, 3.63) is 34.9 Å². The lowest BCUT2D eigenvalue weighted by atomic mass is 9.82. The van der Waals surface area contributed by atoms with Crippen LogP contribution in [0.3, 0.4) is 0 Å². The lowest BCUT2D eigenvalue weighted by Crippen LogP contribution is -2.37. The zero-order valence-corrected chi connectivity index (χ0v) is 11.0. The van der Waals surface area contributed by atoms with Crippen LogP contribution in [0, 0.1) is 5.92 Å². The van der Waals surface area contributed by atoms with Gasteiger partial charge in [0.1, 0.15) is 0 Å². The first-order valence-corrected chi connectivity index (χ1v) is 6.99. The molecule has 1 aromatic carbocycles. The van der Waals surface area contributed by atoms with E-state index in [1.807, 2.05) is 12.1 Å². The highest BCUT2D eigenvalue weighted by molar-refractivity contribution is 5.93. The van der Waals surface area contributed by atoms with E-state index in [9.17, 15) is 4.79 Å². The fraction of sp³-hybridized carbons (Fsp3) is 0.533. The van der Waals surface area contributed by atoms with Crippen LogP contribution in [-0.2, 0) is 11.2 Å². The van der Waals surface area contributed by atoms with Crippen molar-refractivity contribution in [2.24, 2.45) is 11.7 Å². The van der Waals surface area contributed by atoms with Crippen LogP contribution in [0.5, 0.6) is 0 Å². The highest BCUT2D eigenvalue weighted by Gasteiger charge is 2.29. The number of ether oxygens (including phenoxy) is 1. The Kier molecular flexibility index (Phi) is 3.53. The molecule has 1 amide bonds. The van der Waals surface area contributed by atoms with Crippen LogP contribution in [0.1, 0.15) is 40.4 Å². The van der Waals surface area contributed by atoms with Crippen molar-refractivity contribution in [2.45, 2.75) is 25.3 Å². The fourth-order valence-corrected chi connectivity index (χ4v) is 3.21. The Bertz CT molecular complexity index is 481. The van der Waals surface area contributed by atoms with Gasteiger partial charge < -0.3 is 15.8 Å². The van der Waals surface area contributed by atoms with Gasteiger partial charge in [-0.3, -0.25) is 4.79 Å². The van der Waals surface area contributed by atoms with Crippen LogP contribution in [-0.4, -0.2) is 25.7 Å². The molecule has 3 rings (SSSR count). The summed E-state index contributed by atoms with van der Waals surface area (Å²) in [5, 5.41) is 3.60. The molecule has 4 heteroatoms. The summed E-state index contributed by atoms with van der Waals surface area (Å²) in [6, 6.07) is 6.21. The molecule has 0 bridgehead atoms. The molecule has 1 unspecified atom stereocenters. The van der Waals surface area contributed by atoms with Crippen molar-refractivity contribution in [1.29, 1.82) is 0 Å². The second kappa shape index (κ2) is 5.31. The van der Waals surface area contributed by atoms with Crippen molar-refractivity contribution in [3.63, 3.8) is 0 Å². The van der Waals surface area contributed by atoms with Crippen LogP contribution >= 0.6 is 0 Å². The number of nitrogens with one attached hydrogen (secondary N) is 1. The van der Waals surface area contributed by atoms with Crippen molar-refractivity contribution in [3.8, 4) is 0 Å². The summed E-state index contributed by atoms with van der Waals surface area (Å²) in [5.41, 5.74) is 8.61. The summed E-state index contributed by atoms with van der Waals surface area (Å²) in [5.74, 6) is 0.245. The predicted octanol–water partition coefficient (Wildman–Crippen LogP) is 1.40. The molecule has 0 radical (unpaired) electrons. The van der Waals surface area contributed by atoms with E-state index in [4.69, 9.17) is 10.5 Å². The molecule has 0 spiro atoms. The number of carbonyl (C=O) groups excluding carboxylic acids is 1. The van der Waals surface area contributed by atoms with E-state index in [1.165, 1.54) is 11.1 Å². The lowest BCUT2D eigenvalue weighted by Gasteiger charge is -2.35. The van der Waals surface area contributed by atoms with Crippen molar-refractivity contribution < 1.29 is 9.53 Å². The van der Waals surface area contributed by atoms with Crippen LogP contribution in [0.25, 0.3) is 0 Å². The van der Waals surface area contributed by atoms with Crippen molar-refractivity contribution in [2.75, 3.05) is 19.8 Å². The average molecular weight is 260 g/mol. The van der Waals surface area contributed by atoms with E-state index in [0.29, 0.717) is 17.5 Å². The smallest absolute Gasteiger partial charge is 0.248 e. The second-order valence-electron chi connectivity index (χ2n) is 5.41. The fourth-order valence-electron chi connectivity index (χ4n) is 3.21. The third-order valence-electron chi connectivity index (χ3n) is 4.26. The minimum absolute atomic E-state index is 0.340. The summed E-state index contributed by atoms with van der Waals surface area (Å²) < 4.78 is 5.44. The summed E-state index contributed by atoms with van der Waals surface area (Å²) >= 11 is 0. The summed E-state index contributed by atoms with van der Waals surface area (Å²) in [6.45, 7) is 2.69. The van der Waals surface area contributed by atoms with Crippen LogP contribution in [0.2, 0.25) is 0 Å². The average Bonchev–Trinajstić information content (AvgIpc) is 2.47. The molecule has 1 aromatic rings. The molecule has 0 aliphatic carbocycles. The zero-order chi connectivity index (χ0) is 13.2. The Labute approximate surface area is 113 Å². The Morgan fingerprint density at radius 2 is 2.11 bits per heavy atom. The highest BCUT2D eigenvalue weighted by atomic mass is 16.5. The molecule has 102 valence electrons. The van der Waals surface area contributed by atoms with Gasteiger partial charge in [-0.2, -0.15) is 0 Å². The van der Waals surface area contributed by atoms with Gasteiger partial charge in [-0.15, -0.1) is 0 Å². The molecule has 4 nitrogen and oxygen atoms in total. The van der Waals surface area contributed by atoms with Crippen molar-refractivity contribution >= 4 is 5.91 Å². The van der Waals surface area contributed by atoms with Gasteiger partial charge in [0.05, 0.1) is 0 Å². The Hall–Kier alpha value is -1.39. The van der Waals surface area contributed by atoms with E-state index in [-0.39, 0.29) is 5.91 Å². The number of nitrogens with two attached hydrogens (primary N) is 1. The molecule has 1 saturated heterocycles.